The summed E-state index contributed by atoms with van der Waals surface area (Å²) >= 11 is 0. The Labute approximate surface area is 123 Å². The van der Waals surface area contributed by atoms with Gasteiger partial charge in [0.2, 0.25) is 5.91 Å². The summed E-state index contributed by atoms with van der Waals surface area (Å²) in [5.41, 5.74) is 5.79. The van der Waals surface area contributed by atoms with E-state index < -0.39 is 0 Å². The summed E-state index contributed by atoms with van der Waals surface area (Å²) in [7, 11) is 0. The summed E-state index contributed by atoms with van der Waals surface area (Å²) in [4.78, 5) is 12.2. The fourth-order valence-corrected chi connectivity index (χ4v) is 3.61. The molecule has 3 N–H and O–H groups in total. The van der Waals surface area contributed by atoms with Gasteiger partial charge in [-0.05, 0) is 31.6 Å². The van der Waals surface area contributed by atoms with Crippen molar-refractivity contribution in [2.24, 2.45) is 11.7 Å². The van der Waals surface area contributed by atoms with Crippen LogP contribution in [0.3, 0.4) is 0 Å². The van der Waals surface area contributed by atoms with Gasteiger partial charge in [-0.1, -0.05) is 38.5 Å². The topological polar surface area (TPSA) is 55.1 Å². The van der Waals surface area contributed by atoms with Crippen LogP contribution >= 0.6 is 12.4 Å². The second kappa shape index (κ2) is 8.11. The molecule has 2 saturated carbocycles. The molecule has 0 aromatic rings. The third-order valence-corrected chi connectivity index (χ3v) is 4.80. The smallest absolute Gasteiger partial charge is 0.220 e. The Kier molecular flexibility index (Phi) is 7.16. The van der Waals surface area contributed by atoms with Crippen LogP contribution in [-0.2, 0) is 4.79 Å². The second-order valence-corrected chi connectivity index (χ2v) is 6.30. The molecule has 0 aromatic heterocycles. The summed E-state index contributed by atoms with van der Waals surface area (Å²) in [6.07, 6.45) is 13.1. The normalized spacial score (nSPS) is 23.4. The molecule has 2 fully saturated rings. The minimum atomic E-state index is -0.0676. The van der Waals surface area contributed by atoms with Crippen molar-refractivity contribution in [1.29, 1.82) is 0 Å². The number of nitrogens with one attached hydrogen (secondary N) is 1. The first kappa shape index (κ1) is 16.8. The van der Waals surface area contributed by atoms with Crippen LogP contribution in [-0.4, -0.2) is 18.0 Å². The van der Waals surface area contributed by atoms with Crippen LogP contribution < -0.4 is 11.1 Å². The van der Waals surface area contributed by atoms with Gasteiger partial charge in [0.1, 0.15) is 0 Å². The molecule has 3 nitrogen and oxygen atoms in total. The molecule has 4 heteroatoms. The molecule has 19 heavy (non-hydrogen) atoms. The van der Waals surface area contributed by atoms with Crippen molar-refractivity contribution in [3.05, 3.63) is 0 Å². The van der Waals surface area contributed by atoms with Crippen molar-refractivity contribution in [2.75, 3.05) is 6.54 Å². The fourth-order valence-electron chi connectivity index (χ4n) is 3.61. The summed E-state index contributed by atoms with van der Waals surface area (Å²) in [6.45, 7) is 0.601. The second-order valence-electron chi connectivity index (χ2n) is 6.30. The van der Waals surface area contributed by atoms with E-state index >= 15 is 0 Å². The van der Waals surface area contributed by atoms with Gasteiger partial charge in [-0.25, -0.2) is 0 Å². The highest BCUT2D eigenvalue weighted by molar-refractivity contribution is 5.85. The molecule has 2 aliphatic carbocycles. The summed E-state index contributed by atoms with van der Waals surface area (Å²) in [5.74, 6) is 0.859. The van der Waals surface area contributed by atoms with Gasteiger partial charge in [0.05, 0.1) is 5.54 Å². The molecule has 0 radical (unpaired) electrons. The quantitative estimate of drug-likeness (QED) is 0.781. The average molecular weight is 289 g/mol. The number of hydrogen-bond acceptors (Lipinski definition) is 2. The molecule has 0 aliphatic heterocycles. The van der Waals surface area contributed by atoms with E-state index in [4.69, 9.17) is 5.73 Å². The number of rotatable bonds is 4. The van der Waals surface area contributed by atoms with Gasteiger partial charge in [0, 0.05) is 13.0 Å². The van der Waals surface area contributed by atoms with E-state index in [2.05, 4.69) is 5.32 Å². The number of nitrogens with two attached hydrogens (primary N) is 1. The van der Waals surface area contributed by atoms with Crippen LogP contribution in [0.25, 0.3) is 0 Å². The molecule has 0 atom stereocenters. The number of carbonyl (C=O) groups excluding carboxylic acids is 1. The molecule has 0 aromatic carbocycles. The SMILES string of the molecule is Cl.NCC1(NC(=O)CC2CCCCCC2)CCCC1. The standard InChI is InChI=1S/C15H28N2O.ClH/c16-12-15(9-5-6-10-15)17-14(18)11-13-7-3-1-2-4-8-13;/h13H,1-12,16H2,(H,17,18);1H. The number of halogens is 1. The minimum Gasteiger partial charge on any atom is -0.349 e. The van der Waals surface area contributed by atoms with Crippen LogP contribution in [0.2, 0.25) is 0 Å². The maximum atomic E-state index is 12.2. The molecule has 2 rings (SSSR count). The van der Waals surface area contributed by atoms with Crippen LogP contribution in [0.15, 0.2) is 0 Å². The van der Waals surface area contributed by atoms with Crippen molar-refractivity contribution in [3.8, 4) is 0 Å². The number of carbonyl (C=O) groups is 1. The van der Waals surface area contributed by atoms with Crippen molar-refractivity contribution in [1.82, 2.24) is 5.32 Å². The zero-order chi connectivity index (χ0) is 12.8. The predicted octanol–water partition coefficient (Wildman–Crippen LogP) is 3.16. The molecule has 0 heterocycles. The average Bonchev–Trinajstić information content (AvgIpc) is 2.67. The van der Waals surface area contributed by atoms with Crippen LogP contribution in [0.1, 0.15) is 70.6 Å². The van der Waals surface area contributed by atoms with Gasteiger partial charge in [0.15, 0.2) is 0 Å². The zero-order valence-electron chi connectivity index (χ0n) is 12.0. The Bertz CT molecular complexity index is 269. The zero-order valence-corrected chi connectivity index (χ0v) is 12.8. The maximum Gasteiger partial charge on any atom is 0.220 e. The van der Waals surface area contributed by atoms with E-state index in [9.17, 15) is 4.79 Å². The Balaban J connectivity index is 0.00000180. The molecular weight excluding hydrogens is 260 g/mol. The monoisotopic (exact) mass is 288 g/mol. The highest BCUT2D eigenvalue weighted by atomic mass is 35.5. The Morgan fingerprint density at radius 1 is 1.05 bits per heavy atom. The third kappa shape index (κ3) is 4.96. The molecular formula is C15H29ClN2O. The first-order chi connectivity index (χ1) is 8.74. The van der Waals surface area contributed by atoms with Crippen molar-refractivity contribution >= 4 is 18.3 Å². The summed E-state index contributed by atoms with van der Waals surface area (Å²) < 4.78 is 0. The predicted molar refractivity (Wildman–Crippen MR) is 81.5 cm³/mol. The van der Waals surface area contributed by atoms with Crippen molar-refractivity contribution in [3.63, 3.8) is 0 Å². The largest absolute Gasteiger partial charge is 0.349 e. The highest BCUT2D eigenvalue weighted by Crippen LogP contribution is 2.30. The Morgan fingerprint density at radius 2 is 1.63 bits per heavy atom. The van der Waals surface area contributed by atoms with Gasteiger partial charge >= 0.3 is 0 Å². The molecule has 0 unspecified atom stereocenters. The maximum absolute atomic E-state index is 12.2. The minimum absolute atomic E-state index is 0. The van der Waals surface area contributed by atoms with E-state index in [0.29, 0.717) is 12.5 Å². The van der Waals surface area contributed by atoms with Gasteiger partial charge < -0.3 is 11.1 Å². The van der Waals surface area contributed by atoms with Crippen molar-refractivity contribution in [2.45, 2.75) is 76.2 Å². The molecule has 1 amide bonds. The van der Waals surface area contributed by atoms with Gasteiger partial charge in [-0.15, -0.1) is 12.4 Å². The molecule has 0 spiro atoms. The molecule has 0 bridgehead atoms. The van der Waals surface area contributed by atoms with Gasteiger partial charge in [0.25, 0.3) is 0 Å². The fraction of sp³-hybridized carbons (Fsp3) is 0.933. The van der Waals surface area contributed by atoms with Gasteiger partial charge in [-0.2, -0.15) is 0 Å². The lowest BCUT2D eigenvalue weighted by molar-refractivity contribution is -0.123. The Hall–Kier alpha value is -0.280. The lowest BCUT2D eigenvalue weighted by Crippen LogP contribution is -2.51. The lowest BCUT2D eigenvalue weighted by atomic mass is 9.93. The van der Waals surface area contributed by atoms with E-state index in [-0.39, 0.29) is 23.9 Å². The molecule has 0 saturated heterocycles. The number of hydrogen-bond donors (Lipinski definition) is 2. The van der Waals surface area contributed by atoms with E-state index in [0.717, 1.165) is 19.3 Å². The van der Waals surface area contributed by atoms with Crippen LogP contribution in [0, 0.1) is 5.92 Å². The Morgan fingerprint density at radius 3 is 2.16 bits per heavy atom. The van der Waals surface area contributed by atoms with E-state index in [1.54, 1.807) is 0 Å². The van der Waals surface area contributed by atoms with E-state index in [1.165, 1.54) is 51.4 Å². The van der Waals surface area contributed by atoms with Crippen LogP contribution in [0.4, 0.5) is 0 Å². The molecule has 2 aliphatic rings. The highest BCUT2D eigenvalue weighted by Gasteiger charge is 2.34. The number of amides is 1. The summed E-state index contributed by atoms with van der Waals surface area (Å²) in [5, 5.41) is 3.25. The first-order valence-corrected chi connectivity index (χ1v) is 7.75. The molecule has 112 valence electrons. The lowest BCUT2D eigenvalue weighted by Gasteiger charge is -2.29. The van der Waals surface area contributed by atoms with Crippen LogP contribution in [0.5, 0.6) is 0 Å². The van der Waals surface area contributed by atoms with E-state index in [1.807, 2.05) is 0 Å². The third-order valence-electron chi connectivity index (χ3n) is 4.80. The summed E-state index contributed by atoms with van der Waals surface area (Å²) in [6, 6.07) is 0. The van der Waals surface area contributed by atoms with Crippen molar-refractivity contribution < 1.29 is 4.79 Å². The first-order valence-electron chi connectivity index (χ1n) is 7.75. The van der Waals surface area contributed by atoms with Gasteiger partial charge in [-0.3, -0.25) is 4.79 Å².